The van der Waals surface area contributed by atoms with Gasteiger partial charge in [0.05, 0.1) is 5.69 Å². The predicted octanol–water partition coefficient (Wildman–Crippen LogP) is 1.77. The third-order valence-corrected chi connectivity index (χ3v) is 2.28. The Morgan fingerprint density at radius 3 is 2.53 bits per heavy atom. The Labute approximate surface area is 101 Å². The molecule has 1 heterocycles. The minimum absolute atomic E-state index is 0.515. The molecule has 4 nitrogen and oxygen atoms in total. The molecule has 2 aromatic rings. The van der Waals surface area contributed by atoms with Crippen LogP contribution in [-0.2, 0) is 13.2 Å². The van der Waals surface area contributed by atoms with Crippen LogP contribution >= 0.6 is 0 Å². The maximum absolute atomic E-state index is 5.53. The minimum atomic E-state index is 0.515. The zero-order valence-corrected chi connectivity index (χ0v) is 9.76. The van der Waals surface area contributed by atoms with Gasteiger partial charge < -0.3 is 10.1 Å². The molecule has 17 heavy (non-hydrogen) atoms. The van der Waals surface area contributed by atoms with Gasteiger partial charge in [0.15, 0.2) is 0 Å². The molecule has 0 saturated heterocycles. The molecule has 0 fully saturated rings. The van der Waals surface area contributed by atoms with Crippen molar-refractivity contribution < 1.29 is 4.74 Å². The smallest absolute Gasteiger partial charge is 0.233 e. The number of benzene rings is 1. The lowest BCUT2D eigenvalue weighted by Gasteiger charge is -2.05. The van der Waals surface area contributed by atoms with E-state index in [9.17, 15) is 0 Å². The van der Waals surface area contributed by atoms with Gasteiger partial charge in [-0.2, -0.15) is 5.10 Å². The third kappa shape index (κ3) is 3.53. The maximum atomic E-state index is 5.53. The quantitative estimate of drug-likeness (QED) is 0.849. The molecule has 0 unspecified atom stereocenters. The Hall–Kier alpha value is -1.94. The second-order valence-corrected chi connectivity index (χ2v) is 3.67. The molecule has 4 heteroatoms. The molecule has 0 amide bonds. The standard InChI is InChI=1S/C13H15N3O/c1-14-9-12-7-8-13(16-15-12)17-10-11-5-3-2-4-6-11/h2-8,14H,9-10H2,1H3. The molecule has 0 radical (unpaired) electrons. The van der Waals surface area contributed by atoms with E-state index >= 15 is 0 Å². The molecule has 88 valence electrons. The lowest BCUT2D eigenvalue weighted by molar-refractivity contribution is 0.289. The van der Waals surface area contributed by atoms with Crippen LogP contribution in [-0.4, -0.2) is 17.2 Å². The first-order valence-corrected chi connectivity index (χ1v) is 5.52. The van der Waals surface area contributed by atoms with Gasteiger partial charge in [0.1, 0.15) is 6.61 Å². The lowest BCUT2D eigenvalue weighted by atomic mass is 10.2. The van der Waals surface area contributed by atoms with Crippen molar-refractivity contribution in [1.29, 1.82) is 0 Å². The molecule has 0 aliphatic carbocycles. The molecular formula is C13H15N3O. The first kappa shape index (κ1) is 11.5. The highest BCUT2D eigenvalue weighted by Crippen LogP contribution is 2.08. The summed E-state index contributed by atoms with van der Waals surface area (Å²) in [5.41, 5.74) is 2.02. The van der Waals surface area contributed by atoms with Crippen molar-refractivity contribution in [2.45, 2.75) is 13.2 Å². The van der Waals surface area contributed by atoms with E-state index in [-0.39, 0.29) is 0 Å². The van der Waals surface area contributed by atoms with Crippen molar-refractivity contribution in [1.82, 2.24) is 15.5 Å². The monoisotopic (exact) mass is 229 g/mol. The largest absolute Gasteiger partial charge is 0.472 e. The van der Waals surface area contributed by atoms with Crippen LogP contribution in [0.5, 0.6) is 5.88 Å². The molecule has 1 aromatic heterocycles. The average Bonchev–Trinajstić information content (AvgIpc) is 2.40. The normalized spacial score (nSPS) is 10.2. The number of aromatic nitrogens is 2. The van der Waals surface area contributed by atoms with Crippen LogP contribution in [0.3, 0.4) is 0 Å². The summed E-state index contributed by atoms with van der Waals surface area (Å²) in [4.78, 5) is 0. The Morgan fingerprint density at radius 1 is 1.06 bits per heavy atom. The number of nitrogens with one attached hydrogen (secondary N) is 1. The number of hydrogen-bond acceptors (Lipinski definition) is 4. The van der Waals surface area contributed by atoms with Crippen molar-refractivity contribution in [2.24, 2.45) is 0 Å². The predicted molar refractivity (Wildman–Crippen MR) is 65.6 cm³/mol. The van der Waals surface area contributed by atoms with E-state index in [1.165, 1.54) is 0 Å². The second kappa shape index (κ2) is 5.96. The summed E-state index contributed by atoms with van der Waals surface area (Å²) in [5, 5.41) is 11.1. The summed E-state index contributed by atoms with van der Waals surface area (Å²) in [5.74, 6) is 0.550. The summed E-state index contributed by atoms with van der Waals surface area (Å²) in [6, 6.07) is 13.7. The highest BCUT2D eigenvalue weighted by atomic mass is 16.5. The topological polar surface area (TPSA) is 47.0 Å². The average molecular weight is 229 g/mol. The first-order chi connectivity index (χ1) is 8.38. The van der Waals surface area contributed by atoms with Crippen LogP contribution in [0.25, 0.3) is 0 Å². The van der Waals surface area contributed by atoms with Crippen molar-refractivity contribution in [3.63, 3.8) is 0 Å². The highest BCUT2D eigenvalue weighted by Gasteiger charge is 1.98. The van der Waals surface area contributed by atoms with Gasteiger partial charge in [0, 0.05) is 12.6 Å². The third-order valence-electron chi connectivity index (χ3n) is 2.28. The Balaban J connectivity index is 1.91. The molecule has 0 saturated carbocycles. The molecule has 0 aliphatic rings. The van der Waals surface area contributed by atoms with Crippen molar-refractivity contribution in [2.75, 3.05) is 7.05 Å². The molecule has 2 rings (SSSR count). The maximum Gasteiger partial charge on any atom is 0.233 e. The number of rotatable bonds is 5. The number of nitrogens with zero attached hydrogens (tertiary/aromatic N) is 2. The van der Waals surface area contributed by atoms with E-state index in [1.54, 1.807) is 0 Å². The van der Waals surface area contributed by atoms with E-state index in [4.69, 9.17) is 4.74 Å². The van der Waals surface area contributed by atoms with E-state index in [0.717, 1.165) is 11.3 Å². The molecule has 1 N–H and O–H groups in total. The molecular weight excluding hydrogens is 214 g/mol. The van der Waals surface area contributed by atoms with Crippen LogP contribution in [0, 0.1) is 0 Å². The van der Waals surface area contributed by atoms with Crippen molar-refractivity contribution >= 4 is 0 Å². The highest BCUT2D eigenvalue weighted by molar-refractivity contribution is 5.16. The molecule has 0 atom stereocenters. The van der Waals surface area contributed by atoms with E-state index < -0.39 is 0 Å². The molecule has 0 bridgehead atoms. The number of hydrogen-bond donors (Lipinski definition) is 1. The van der Waals surface area contributed by atoms with Crippen LogP contribution in [0.1, 0.15) is 11.3 Å². The summed E-state index contributed by atoms with van der Waals surface area (Å²) in [6.07, 6.45) is 0. The van der Waals surface area contributed by atoms with Gasteiger partial charge in [-0.25, -0.2) is 0 Å². The molecule has 0 aliphatic heterocycles. The van der Waals surface area contributed by atoms with Gasteiger partial charge in [0.2, 0.25) is 5.88 Å². The van der Waals surface area contributed by atoms with Gasteiger partial charge in [0.25, 0.3) is 0 Å². The van der Waals surface area contributed by atoms with E-state index in [2.05, 4.69) is 15.5 Å². The Morgan fingerprint density at radius 2 is 1.88 bits per heavy atom. The van der Waals surface area contributed by atoms with Gasteiger partial charge in [-0.15, -0.1) is 5.10 Å². The summed E-state index contributed by atoms with van der Waals surface area (Å²) >= 11 is 0. The SMILES string of the molecule is CNCc1ccc(OCc2ccccc2)nn1. The summed E-state index contributed by atoms with van der Waals surface area (Å²) < 4.78 is 5.53. The van der Waals surface area contributed by atoms with Gasteiger partial charge in [-0.1, -0.05) is 30.3 Å². The number of ether oxygens (including phenoxy) is 1. The lowest BCUT2D eigenvalue weighted by Crippen LogP contribution is -2.08. The first-order valence-electron chi connectivity index (χ1n) is 5.52. The van der Waals surface area contributed by atoms with E-state index in [0.29, 0.717) is 19.0 Å². The van der Waals surface area contributed by atoms with E-state index in [1.807, 2.05) is 49.5 Å². The van der Waals surface area contributed by atoms with Gasteiger partial charge in [-0.05, 0) is 18.7 Å². The van der Waals surface area contributed by atoms with Crippen molar-refractivity contribution in [3.05, 3.63) is 53.7 Å². The van der Waals surface area contributed by atoms with Gasteiger partial charge in [-0.3, -0.25) is 0 Å². The molecule has 1 aromatic carbocycles. The van der Waals surface area contributed by atoms with Crippen LogP contribution in [0.4, 0.5) is 0 Å². The van der Waals surface area contributed by atoms with Crippen molar-refractivity contribution in [3.8, 4) is 5.88 Å². The summed E-state index contributed by atoms with van der Waals surface area (Å²) in [7, 11) is 1.88. The minimum Gasteiger partial charge on any atom is -0.472 e. The van der Waals surface area contributed by atoms with Crippen LogP contribution < -0.4 is 10.1 Å². The zero-order chi connectivity index (χ0) is 11.9. The fourth-order valence-corrected chi connectivity index (χ4v) is 1.43. The zero-order valence-electron chi connectivity index (χ0n) is 9.76. The molecule has 0 spiro atoms. The second-order valence-electron chi connectivity index (χ2n) is 3.67. The van der Waals surface area contributed by atoms with Crippen LogP contribution in [0.2, 0.25) is 0 Å². The fraction of sp³-hybridized carbons (Fsp3) is 0.231. The Bertz CT molecular complexity index is 442. The Kier molecular flexibility index (Phi) is 4.05. The van der Waals surface area contributed by atoms with Gasteiger partial charge >= 0.3 is 0 Å². The summed E-state index contributed by atoms with van der Waals surface area (Å²) in [6.45, 7) is 1.23. The fourth-order valence-electron chi connectivity index (χ4n) is 1.43. The van der Waals surface area contributed by atoms with Crippen LogP contribution in [0.15, 0.2) is 42.5 Å².